The normalized spacial score (nSPS) is 17.8. The molecule has 2 rings (SSSR count). The predicted octanol–water partition coefficient (Wildman–Crippen LogP) is 1.82. The van der Waals surface area contributed by atoms with Gasteiger partial charge in [0, 0.05) is 39.2 Å². The van der Waals surface area contributed by atoms with Gasteiger partial charge in [0.1, 0.15) is 18.0 Å². The topological polar surface area (TPSA) is 125 Å². The molecule has 1 aliphatic heterocycles. The molecular formula is C24H36N2O8. The van der Waals surface area contributed by atoms with E-state index >= 15 is 0 Å². The summed E-state index contributed by atoms with van der Waals surface area (Å²) >= 11 is 0. The molecule has 1 aliphatic rings. The minimum absolute atomic E-state index is 0.000446. The molecule has 10 heteroatoms. The minimum atomic E-state index is -1.30. The van der Waals surface area contributed by atoms with Crippen LogP contribution in [0.5, 0.6) is 5.75 Å². The van der Waals surface area contributed by atoms with E-state index in [-0.39, 0.29) is 32.6 Å². The highest BCUT2D eigenvalue weighted by molar-refractivity contribution is 6.00. The lowest BCUT2D eigenvalue weighted by Crippen LogP contribution is -2.49. The van der Waals surface area contributed by atoms with Gasteiger partial charge in [0.2, 0.25) is 5.90 Å². The number of nitrogens with zero attached hydrogens (tertiary/aromatic N) is 1. The molecule has 1 aromatic carbocycles. The number of hydrogen-bond acceptors (Lipinski definition) is 9. The number of amides is 1. The summed E-state index contributed by atoms with van der Waals surface area (Å²) in [5.74, 6) is 0.139. The Kier molecular flexibility index (Phi) is 10.3. The number of esters is 1. The highest BCUT2D eigenvalue weighted by Crippen LogP contribution is 2.29. The Balaban J connectivity index is 2.18. The SMILES string of the molecule is COC(CNC(=O)[C@@]1(CCC(=O)OC(C)(C)C)COC(c2ccc(OCCCO)cc2)=N1)OC. The number of nitrogens with one attached hydrogen (secondary N) is 1. The van der Waals surface area contributed by atoms with Crippen LogP contribution in [0.1, 0.15) is 45.6 Å². The maximum Gasteiger partial charge on any atom is 0.306 e. The van der Waals surface area contributed by atoms with Gasteiger partial charge in [-0.25, -0.2) is 4.99 Å². The molecule has 190 valence electrons. The summed E-state index contributed by atoms with van der Waals surface area (Å²) in [7, 11) is 2.95. The van der Waals surface area contributed by atoms with Crippen molar-refractivity contribution < 1.29 is 38.4 Å². The predicted molar refractivity (Wildman–Crippen MR) is 125 cm³/mol. The van der Waals surface area contributed by atoms with Crippen molar-refractivity contribution in [3.63, 3.8) is 0 Å². The summed E-state index contributed by atoms with van der Waals surface area (Å²) in [6.45, 7) is 5.93. The molecule has 10 nitrogen and oxygen atoms in total. The Morgan fingerprint density at radius 1 is 1.21 bits per heavy atom. The molecule has 34 heavy (non-hydrogen) atoms. The molecule has 2 N–H and O–H groups in total. The fourth-order valence-electron chi connectivity index (χ4n) is 3.21. The van der Waals surface area contributed by atoms with Crippen LogP contribution in [0.15, 0.2) is 29.3 Å². The Morgan fingerprint density at radius 2 is 1.88 bits per heavy atom. The first-order chi connectivity index (χ1) is 16.1. The van der Waals surface area contributed by atoms with Crippen molar-refractivity contribution in [2.24, 2.45) is 4.99 Å². The number of methoxy groups -OCH3 is 2. The molecule has 0 spiro atoms. The van der Waals surface area contributed by atoms with Crippen molar-refractivity contribution in [1.82, 2.24) is 5.32 Å². The molecular weight excluding hydrogens is 444 g/mol. The van der Waals surface area contributed by atoms with Gasteiger partial charge in [-0.05, 0) is 51.5 Å². The van der Waals surface area contributed by atoms with Crippen molar-refractivity contribution in [2.45, 2.75) is 57.5 Å². The fourth-order valence-corrected chi connectivity index (χ4v) is 3.21. The molecule has 1 atom stereocenters. The number of aliphatic hydroxyl groups is 1. The summed E-state index contributed by atoms with van der Waals surface area (Å²) in [6.07, 6.45) is 0.0425. The highest BCUT2D eigenvalue weighted by atomic mass is 16.7. The number of rotatable bonds is 13. The molecule has 0 aliphatic carbocycles. The number of carbonyl (C=O) groups excluding carboxylic acids is 2. The van der Waals surface area contributed by atoms with Gasteiger partial charge in [0.25, 0.3) is 5.91 Å². The lowest BCUT2D eigenvalue weighted by atomic mass is 9.94. The average molecular weight is 481 g/mol. The van der Waals surface area contributed by atoms with E-state index in [0.717, 1.165) is 0 Å². The molecule has 0 bridgehead atoms. The number of hydrogen-bond donors (Lipinski definition) is 2. The van der Waals surface area contributed by atoms with Gasteiger partial charge < -0.3 is 34.1 Å². The van der Waals surface area contributed by atoms with E-state index in [9.17, 15) is 9.59 Å². The Morgan fingerprint density at radius 3 is 2.47 bits per heavy atom. The van der Waals surface area contributed by atoms with Crippen LogP contribution in [-0.2, 0) is 28.5 Å². The highest BCUT2D eigenvalue weighted by Gasteiger charge is 2.45. The summed E-state index contributed by atoms with van der Waals surface area (Å²) in [6, 6.07) is 7.09. The van der Waals surface area contributed by atoms with E-state index < -0.39 is 29.3 Å². The van der Waals surface area contributed by atoms with Crippen LogP contribution in [0.3, 0.4) is 0 Å². The molecule has 0 fully saturated rings. The van der Waals surface area contributed by atoms with Gasteiger partial charge in [-0.3, -0.25) is 9.59 Å². The third-order valence-corrected chi connectivity index (χ3v) is 4.98. The van der Waals surface area contributed by atoms with Crippen molar-refractivity contribution >= 4 is 17.8 Å². The number of aliphatic hydroxyl groups excluding tert-OH is 1. The third kappa shape index (κ3) is 8.27. The average Bonchev–Trinajstić information content (AvgIpc) is 3.24. The largest absolute Gasteiger partial charge is 0.494 e. The molecule has 0 unspecified atom stereocenters. The molecule has 1 heterocycles. The molecule has 1 amide bonds. The Labute approximate surface area is 200 Å². The molecule has 0 saturated heterocycles. The van der Waals surface area contributed by atoms with Crippen LogP contribution in [0.4, 0.5) is 0 Å². The summed E-state index contributed by atoms with van der Waals surface area (Å²) in [4.78, 5) is 30.1. The fraction of sp³-hybridized carbons (Fsp3) is 0.625. The van der Waals surface area contributed by atoms with Crippen LogP contribution in [0.2, 0.25) is 0 Å². The van der Waals surface area contributed by atoms with Gasteiger partial charge >= 0.3 is 5.97 Å². The van der Waals surface area contributed by atoms with Crippen LogP contribution in [-0.4, -0.2) is 80.9 Å². The number of benzene rings is 1. The molecule has 1 aromatic rings. The monoisotopic (exact) mass is 480 g/mol. The quantitative estimate of drug-likeness (QED) is 0.249. The van der Waals surface area contributed by atoms with E-state index in [1.54, 1.807) is 45.0 Å². The van der Waals surface area contributed by atoms with Crippen LogP contribution in [0, 0.1) is 0 Å². The standard InChI is InChI=1S/C24H36N2O8/c1-23(2,3)34-19(28)11-12-24(22(29)25-15-20(30-4)31-5)16-33-21(26-24)17-7-9-18(10-8-17)32-14-6-13-27/h7-10,20,27H,6,11-16H2,1-5H3,(H,25,29)/t24-/m1/s1. The van der Waals surface area contributed by atoms with E-state index in [4.69, 9.17) is 28.8 Å². The smallest absolute Gasteiger partial charge is 0.306 e. The van der Waals surface area contributed by atoms with E-state index in [1.807, 2.05) is 0 Å². The van der Waals surface area contributed by atoms with Gasteiger partial charge in [-0.15, -0.1) is 0 Å². The first-order valence-corrected chi connectivity index (χ1v) is 11.2. The van der Waals surface area contributed by atoms with Crippen LogP contribution in [0.25, 0.3) is 0 Å². The van der Waals surface area contributed by atoms with E-state index in [0.29, 0.717) is 30.2 Å². The van der Waals surface area contributed by atoms with Gasteiger partial charge in [-0.1, -0.05) is 0 Å². The summed E-state index contributed by atoms with van der Waals surface area (Å²) in [5, 5.41) is 11.6. The lowest BCUT2D eigenvalue weighted by Gasteiger charge is -2.25. The summed E-state index contributed by atoms with van der Waals surface area (Å²) in [5.41, 5.74) is -1.25. The van der Waals surface area contributed by atoms with Crippen molar-refractivity contribution in [3.8, 4) is 5.75 Å². The molecule has 0 radical (unpaired) electrons. The zero-order valence-corrected chi connectivity index (χ0v) is 20.6. The van der Waals surface area contributed by atoms with Crippen LogP contribution >= 0.6 is 0 Å². The number of carbonyl (C=O) groups is 2. The first-order valence-electron chi connectivity index (χ1n) is 11.2. The van der Waals surface area contributed by atoms with E-state index in [1.165, 1.54) is 14.2 Å². The van der Waals surface area contributed by atoms with Gasteiger partial charge in [0.15, 0.2) is 11.8 Å². The van der Waals surface area contributed by atoms with Gasteiger partial charge in [0.05, 0.1) is 13.2 Å². The second-order valence-electron chi connectivity index (χ2n) is 8.88. The minimum Gasteiger partial charge on any atom is -0.494 e. The molecule has 0 aromatic heterocycles. The van der Waals surface area contributed by atoms with Gasteiger partial charge in [-0.2, -0.15) is 0 Å². The maximum atomic E-state index is 13.2. The van der Waals surface area contributed by atoms with Crippen molar-refractivity contribution in [1.29, 1.82) is 0 Å². The summed E-state index contributed by atoms with van der Waals surface area (Å²) < 4.78 is 27.0. The first kappa shape index (κ1) is 27.6. The Hall–Kier alpha value is -2.69. The lowest BCUT2D eigenvalue weighted by molar-refractivity contribution is -0.155. The zero-order valence-electron chi connectivity index (χ0n) is 20.6. The van der Waals surface area contributed by atoms with Crippen molar-refractivity contribution in [2.75, 3.05) is 40.6 Å². The Bertz CT molecular complexity index is 830. The van der Waals surface area contributed by atoms with Crippen LogP contribution < -0.4 is 10.1 Å². The number of ether oxygens (including phenoxy) is 5. The second kappa shape index (κ2) is 12.7. The maximum absolute atomic E-state index is 13.2. The zero-order chi connectivity index (χ0) is 25.2. The molecule has 0 saturated carbocycles. The van der Waals surface area contributed by atoms with Crippen molar-refractivity contribution in [3.05, 3.63) is 29.8 Å². The van der Waals surface area contributed by atoms with E-state index in [2.05, 4.69) is 10.3 Å². The number of aliphatic imine (C=N–C) groups is 1. The third-order valence-electron chi connectivity index (χ3n) is 4.98. The second-order valence-corrected chi connectivity index (χ2v) is 8.88.